The van der Waals surface area contributed by atoms with Crippen molar-refractivity contribution >= 4 is 39.1 Å². The lowest BCUT2D eigenvalue weighted by Crippen LogP contribution is -2.46. The van der Waals surface area contributed by atoms with Crippen LogP contribution in [-0.2, 0) is 21.4 Å². The van der Waals surface area contributed by atoms with Gasteiger partial charge in [-0.15, -0.1) is 0 Å². The van der Waals surface area contributed by atoms with Crippen LogP contribution in [0.1, 0.15) is 38.0 Å². The largest absolute Gasteiger partial charge is 0.337 e. The molecule has 35 heavy (non-hydrogen) atoms. The van der Waals surface area contributed by atoms with Gasteiger partial charge in [0, 0.05) is 23.7 Å². The van der Waals surface area contributed by atoms with Crippen molar-refractivity contribution in [2.24, 2.45) is 0 Å². The summed E-state index contributed by atoms with van der Waals surface area (Å²) in [6, 6.07) is 13.6. The van der Waals surface area contributed by atoms with E-state index in [4.69, 9.17) is 27.7 Å². The monoisotopic (exact) mass is 536 g/mol. The van der Waals surface area contributed by atoms with Crippen molar-refractivity contribution in [3.8, 4) is 11.4 Å². The molecule has 0 spiro atoms. The highest BCUT2D eigenvalue weighted by Gasteiger charge is 2.32. The van der Waals surface area contributed by atoms with E-state index in [0.29, 0.717) is 11.7 Å². The fraction of sp³-hybridized carbons (Fsp3) is 0.375. The zero-order valence-corrected chi connectivity index (χ0v) is 21.6. The quantitative estimate of drug-likeness (QED) is 0.400. The number of carbonyl (C=O) groups is 1. The zero-order chi connectivity index (χ0) is 25.0. The number of likely N-dealkylation sites (N-methyl/N-ethyl adjacent to an activating group) is 1. The molecule has 1 heterocycles. The summed E-state index contributed by atoms with van der Waals surface area (Å²) in [5.41, 5.74) is 0.808. The van der Waals surface area contributed by atoms with Crippen LogP contribution in [0.5, 0.6) is 0 Å². The summed E-state index contributed by atoms with van der Waals surface area (Å²) in [4.78, 5) is 19.4. The fourth-order valence-electron chi connectivity index (χ4n) is 4.19. The van der Waals surface area contributed by atoms with Crippen molar-refractivity contribution in [2.75, 3.05) is 13.6 Å². The Hall–Kier alpha value is -2.46. The van der Waals surface area contributed by atoms with Gasteiger partial charge in [0.05, 0.1) is 11.6 Å². The minimum atomic E-state index is -4.04. The Morgan fingerprint density at radius 2 is 1.80 bits per heavy atom. The molecule has 0 unspecified atom stereocenters. The van der Waals surface area contributed by atoms with Crippen LogP contribution in [0.4, 0.5) is 0 Å². The lowest BCUT2D eigenvalue weighted by atomic mass is 9.94. The van der Waals surface area contributed by atoms with Gasteiger partial charge in [0.15, 0.2) is 0 Å². The van der Waals surface area contributed by atoms with E-state index in [1.807, 2.05) is 30.3 Å². The van der Waals surface area contributed by atoms with Gasteiger partial charge in [-0.2, -0.15) is 9.29 Å². The van der Waals surface area contributed by atoms with Gasteiger partial charge in [-0.05, 0) is 31.0 Å². The van der Waals surface area contributed by atoms with Crippen molar-refractivity contribution in [3.05, 3.63) is 64.5 Å². The maximum Gasteiger partial charge on any atom is 0.246 e. The summed E-state index contributed by atoms with van der Waals surface area (Å²) in [5, 5.41) is 4.32. The van der Waals surface area contributed by atoms with E-state index in [1.165, 1.54) is 25.2 Å². The molecule has 0 N–H and O–H groups in total. The number of rotatable bonds is 8. The Morgan fingerprint density at radius 1 is 1.09 bits per heavy atom. The highest BCUT2D eigenvalue weighted by atomic mass is 35.5. The molecule has 1 aliphatic carbocycles. The molecule has 0 bridgehead atoms. The van der Waals surface area contributed by atoms with E-state index in [2.05, 4.69) is 10.1 Å². The molecule has 1 amide bonds. The Kier molecular flexibility index (Phi) is 8.11. The molecule has 2 aromatic carbocycles. The maximum atomic E-state index is 13.4. The van der Waals surface area contributed by atoms with Crippen molar-refractivity contribution in [3.63, 3.8) is 0 Å². The number of nitrogens with zero attached hydrogens (tertiary/aromatic N) is 4. The second-order valence-electron chi connectivity index (χ2n) is 8.53. The Morgan fingerprint density at radius 3 is 2.51 bits per heavy atom. The number of carbonyl (C=O) groups excluding carboxylic acids is 1. The van der Waals surface area contributed by atoms with Crippen molar-refractivity contribution in [1.29, 1.82) is 0 Å². The van der Waals surface area contributed by atoms with Gasteiger partial charge >= 0.3 is 0 Å². The van der Waals surface area contributed by atoms with Crippen LogP contribution < -0.4 is 0 Å². The van der Waals surface area contributed by atoms with Crippen molar-refractivity contribution in [2.45, 2.75) is 49.6 Å². The van der Waals surface area contributed by atoms with Gasteiger partial charge in [-0.25, -0.2) is 8.42 Å². The third-order valence-electron chi connectivity index (χ3n) is 6.08. The SMILES string of the molecule is CN(CC(=O)N(Cc1nc(-c2ccccc2)no1)C1CCCCC1)S(=O)(=O)c1cc(Cl)ccc1Cl. The zero-order valence-electron chi connectivity index (χ0n) is 19.2. The fourth-order valence-corrected chi connectivity index (χ4v) is 6.05. The Bertz CT molecular complexity index is 1280. The van der Waals surface area contributed by atoms with Crippen molar-refractivity contribution < 1.29 is 17.7 Å². The molecule has 0 radical (unpaired) electrons. The van der Waals surface area contributed by atoms with Crippen LogP contribution in [0, 0.1) is 0 Å². The first-order valence-electron chi connectivity index (χ1n) is 11.3. The predicted molar refractivity (Wildman–Crippen MR) is 133 cm³/mol. The maximum absolute atomic E-state index is 13.4. The summed E-state index contributed by atoms with van der Waals surface area (Å²) in [6.07, 6.45) is 4.78. The first kappa shape index (κ1) is 25.6. The molecular weight excluding hydrogens is 511 g/mol. The van der Waals surface area contributed by atoms with Gasteiger partial charge < -0.3 is 9.42 Å². The average Bonchev–Trinajstić information content (AvgIpc) is 3.33. The van der Waals surface area contributed by atoms with E-state index in [-0.39, 0.29) is 40.0 Å². The number of sulfonamides is 1. The van der Waals surface area contributed by atoms with Crippen molar-refractivity contribution in [1.82, 2.24) is 19.3 Å². The lowest BCUT2D eigenvalue weighted by molar-refractivity contribution is -0.135. The molecule has 0 aliphatic heterocycles. The number of hydrogen-bond donors (Lipinski definition) is 0. The third kappa shape index (κ3) is 6.03. The van der Waals surface area contributed by atoms with Crippen LogP contribution in [0.3, 0.4) is 0 Å². The minimum Gasteiger partial charge on any atom is -0.337 e. The second-order valence-corrected chi connectivity index (χ2v) is 11.4. The number of amides is 1. The molecule has 3 aromatic rings. The van der Waals surface area contributed by atoms with Crippen LogP contribution in [-0.4, -0.2) is 53.3 Å². The topological polar surface area (TPSA) is 96.6 Å². The molecule has 11 heteroatoms. The molecule has 0 saturated heterocycles. The second kappa shape index (κ2) is 11.1. The van der Waals surface area contributed by atoms with Gasteiger partial charge in [0.1, 0.15) is 11.4 Å². The molecule has 1 aliphatic rings. The molecule has 1 saturated carbocycles. The van der Waals surface area contributed by atoms with E-state index >= 15 is 0 Å². The van der Waals surface area contributed by atoms with Gasteiger partial charge in [-0.1, -0.05) is 78.0 Å². The molecular formula is C24H26Cl2N4O4S. The van der Waals surface area contributed by atoms with E-state index in [1.54, 1.807) is 4.90 Å². The summed E-state index contributed by atoms with van der Waals surface area (Å²) >= 11 is 12.1. The predicted octanol–water partition coefficient (Wildman–Crippen LogP) is 5.03. The lowest BCUT2D eigenvalue weighted by Gasteiger charge is -2.34. The number of aromatic nitrogens is 2. The first-order chi connectivity index (χ1) is 16.8. The molecule has 186 valence electrons. The first-order valence-corrected chi connectivity index (χ1v) is 13.5. The van der Waals surface area contributed by atoms with E-state index in [0.717, 1.165) is 42.0 Å². The number of hydrogen-bond acceptors (Lipinski definition) is 6. The van der Waals surface area contributed by atoms with Gasteiger partial charge in [0.2, 0.25) is 27.6 Å². The number of halogens is 2. The van der Waals surface area contributed by atoms with E-state index < -0.39 is 10.0 Å². The van der Waals surface area contributed by atoms with Crippen LogP contribution >= 0.6 is 23.2 Å². The normalized spacial score (nSPS) is 14.9. The van der Waals surface area contributed by atoms with E-state index in [9.17, 15) is 13.2 Å². The smallest absolute Gasteiger partial charge is 0.246 e. The van der Waals surface area contributed by atoms with Crippen LogP contribution in [0.25, 0.3) is 11.4 Å². The van der Waals surface area contributed by atoms with Crippen LogP contribution in [0.15, 0.2) is 57.9 Å². The third-order valence-corrected chi connectivity index (χ3v) is 8.60. The summed E-state index contributed by atoms with van der Waals surface area (Å²) < 4.78 is 32.7. The standard InChI is InChI=1S/C24H26Cl2N4O4S/c1-29(35(32,33)21-14-18(25)12-13-20(21)26)16-23(31)30(19-10-6-3-7-11-19)15-22-27-24(28-34-22)17-8-4-2-5-9-17/h2,4-5,8-9,12-14,19H,3,6-7,10-11,15-16H2,1H3. The molecule has 1 aromatic heterocycles. The average molecular weight is 537 g/mol. The number of benzene rings is 2. The van der Waals surface area contributed by atoms with Gasteiger partial charge in [-0.3, -0.25) is 4.79 Å². The van der Waals surface area contributed by atoms with Gasteiger partial charge in [0.25, 0.3) is 0 Å². The molecule has 0 atom stereocenters. The molecule has 8 nitrogen and oxygen atoms in total. The van der Waals surface area contributed by atoms with Crippen LogP contribution in [0.2, 0.25) is 10.0 Å². The highest BCUT2D eigenvalue weighted by Crippen LogP contribution is 2.28. The summed E-state index contributed by atoms with van der Waals surface area (Å²) in [7, 11) is -2.69. The minimum absolute atomic E-state index is 0.0332. The summed E-state index contributed by atoms with van der Waals surface area (Å²) in [5.74, 6) is 0.388. The molecule has 4 rings (SSSR count). The molecule has 1 fully saturated rings. The Labute approximate surface area is 214 Å². The Balaban J connectivity index is 1.54. The summed E-state index contributed by atoms with van der Waals surface area (Å²) in [6.45, 7) is -0.253. The highest BCUT2D eigenvalue weighted by molar-refractivity contribution is 7.89.